The van der Waals surface area contributed by atoms with Gasteiger partial charge >= 0.3 is 0 Å². The van der Waals surface area contributed by atoms with Gasteiger partial charge in [0.2, 0.25) is 11.7 Å². The van der Waals surface area contributed by atoms with E-state index in [2.05, 4.69) is 10.1 Å². The molecule has 7 nitrogen and oxygen atoms in total. The SMILES string of the molecule is Cc1ccc([N+](=O)[O-])cc1-c1noc([C@@H](C)N)n1. The summed E-state index contributed by atoms with van der Waals surface area (Å²) >= 11 is 0. The summed E-state index contributed by atoms with van der Waals surface area (Å²) in [6.07, 6.45) is 0. The smallest absolute Gasteiger partial charge is 0.270 e. The van der Waals surface area contributed by atoms with Crippen LogP contribution in [0.4, 0.5) is 5.69 Å². The molecule has 0 spiro atoms. The number of hydrogen-bond donors (Lipinski definition) is 1. The Morgan fingerprint density at radius 3 is 2.78 bits per heavy atom. The Morgan fingerprint density at radius 2 is 2.22 bits per heavy atom. The lowest BCUT2D eigenvalue weighted by Gasteiger charge is -2.00. The Balaban J connectivity index is 2.48. The number of hydrogen-bond acceptors (Lipinski definition) is 6. The molecule has 0 radical (unpaired) electrons. The van der Waals surface area contributed by atoms with E-state index in [1.807, 2.05) is 6.92 Å². The van der Waals surface area contributed by atoms with Gasteiger partial charge in [-0.25, -0.2) is 0 Å². The maximum absolute atomic E-state index is 10.7. The number of non-ortho nitro benzene ring substituents is 1. The normalized spacial score (nSPS) is 12.4. The van der Waals surface area contributed by atoms with E-state index < -0.39 is 4.92 Å². The fraction of sp³-hybridized carbons (Fsp3) is 0.273. The van der Waals surface area contributed by atoms with Gasteiger partial charge in [-0.15, -0.1) is 0 Å². The molecule has 0 aliphatic carbocycles. The van der Waals surface area contributed by atoms with E-state index in [0.717, 1.165) is 5.56 Å². The van der Waals surface area contributed by atoms with Crippen LogP contribution in [0.1, 0.15) is 24.4 Å². The lowest BCUT2D eigenvalue weighted by molar-refractivity contribution is -0.384. The molecule has 0 fully saturated rings. The zero-order valence-corrected chi connectivity index (χ0v) is 9.95. The van der Waals surface area contributed by atoms with Crippen LogP contribution in [0.3, 0.4) is 0 Å². The minimum Gasteiger partial charge on any atom is -0.337 e. The number of benzene rings is 1. The first-order chi connectivity index (χ1) is 8.49. The van der Waals surface area contributed by atoms with Gasteiger partial charge in [-0.05, 0) is 19.4 Å². The first-order valence-corrected chi connectivity index (χ1v) is 5.33. The molecule has 0 aliphatic rings. The average Bonchev–Trinajstić information content (AvgIpc) is 2.78. The van der Waals surface area contributed by atoms with Crippen LogP contribution >= 0.6 is 0 Å². The molecule has 0 amide bonds. The van der Waals surface area contributed by atoms with Gasteiger partial charge in [0, 0.05) is 17.7 Å². The number of nitro groups is 1. The van der Waals surface area contributed by atoms with E-state index in [1.165, 1.54) is 12.1 Å². The third-order valence-electron chi connectivity index (χ3n) is 2.50. The lowest BCUT2D eigenvalue weighted by atomic mass is 10.1. The molecule has 0 saturated carbocycles. The van der Waals surface area contributed by atoms with Gasteiger partial charge in [-0.2, -0.15) is 4.98 Å². The standard InChI is InChI=1S/C11H12N4O3/c1-6-3-4-8(15(16)17)5-9(6)10-13-11(7(2)12)18-14-10/h3-5,7H,12H2,1-2H3/t7-/m1/s1. The molecule has 7 heteroatoms. The number of nitrogens with zero attached hydrogens (tertiary/aromatic N) is 3. The molecular weight excluding hydrogens is 236 g/mol. The summed E-state index contributed by atoms with van der Waals surface area (Å²) in [6, 6.07) is 4.14. The summed E-state index contributed by atoms with van der Waals surface area (Å²) in [7, 11) is 0. The van der Waals surface area contributed by atoms with E-state index in [9.17, 15) is 10.1 Å². The van der Waals surface area contributed by atoms with Crippen LogP contribution in [0.5, 0.6) is 0 Å². The number of nitro benzene ring substituents is 1. The van der Waals surface area contributed by atoms with Crippen LogP contribution in [-0.4, -0.2) is 15.1 Å². The second-order valence-corrected chi connectivity index (χ2v) is 4.00. The first kappa shape index (κ1) is 12.2. The highest BCUT2D eigenvalue weighted by Gasteiger charge is 2.16. The van der Waals surface area contributed by atoms with Crippen LogP contribution < -0.4 is 5.73 Å². The van der Waals surface area contributed by atoms with Gasteiger partial charge in [0.1, 0.15) is 0 Å². The molecule has 1 aromatic carbocycles. The van der Waals surface area contributed by atoms with E-state index in [-0.39, 0.29) is 11.7 Å². The Bertz CT molecular complexity index is 592. The lowest BCUT2D eigenvalue weighted by Crippen LogP contribution is -2.04. The summed E-state index contributed by atoms with van der Waals surface area (Å²) < 4.78 is 4.98. The maximum atomic E-state index is 10.7. The topological polar surface area (TPSA) is 108 Å². The highest BCUT2D eigenvalue weighted by Crippen LogP contribution is 2.26. The largest absolute Gasteiger partial charge is 0.337 e. The summed E-state index contributed by atoms with van der Waals surface area (Å²) in [6.45, 7) is 3.54. The number of nitrogens with two attached hydrogens (primary N) is 1. The number of rotatable bonds is 3. The number of aryl methyl sites for hydroxylation is 1. The highest BCUT2D eigenvalue weighted by atomic mass is 16.6. The summed E-state index contributed by atoms with van der Waals surface area (Å²) in [5, 5.41) is 14.5. The molecule has 0 bridgehead atoms. The molecule has 0 unspecified atom stereocenters. The van der Waals surface area contributed by atoms with Crippen molar-refractivity contribution in [2.24, 2.45) is 5.73 Å². The van der Waals surface area contributed by atoms with Crippen molar-refractivity contribution in [1.29, 1.82) is 0 Å². The van der Waals surface area contributed by atoms with Gasteiger partial charge in [-0.1, -0.05) is 11.2 Å². The summed E-state index contributed by atoms with van der Waals surface area (Å²) in [4.78, 5) is 14.4. The Labute approximate surface area is 103 Å². The molecule has 1 atom stereocenters. The minimum absolute atomic E-state index is 0.0113. The van der Waals surface area contributed by atoms with Crippen LogP contribution in [0.2, 0.25) is 0 Å². The highest BCUT2D eigenvalue weighted by molar-refractivity contribution is 5.63. The molecule has 18 heavy (non-hydrogen) atoms. The second-order valence-electron chi connectivity index (χ2n) is 4.00. The van der Waals surface area contributed by atoms with E-state index in [4.69, 9.17) is 10.3 Å². The molecule has 0 aliphatic heterocycles. The molecule has 2 rings (SSSR count). The summed E-state index contributed by atoms with van der Waals surface area (Å²) in [5.74, 6) is 0.611. The van der Waals surface area contributed by atoms with Crippen LogP contribution in [-0.2, 0) is 0 Å². The number of aromatic nitrogens is 2. The second kappa shape index (κ2) is 4.53. The summed E-state index contributed by atoms with van der Waals surface area (Å²) in [5.41, 5.74) is 7.01. The monoisotopic (exact) mass is 248 g/mol. The Hall–Kier alpha value is -2.28. The van der Waals surface area contributed by atoms with Crippen molar-refractivity contribution < 1.29 is 9.45 Å². The zero-order valence-electron chi connectivity index (χ0n) is 9.95. The van der Waals surface area contributed by atoms with E-state index >= 15 is 0 Å². The van der Waals surface area contributed by atoms with Crippen LogP contribution in [0.25, 0.3) is 11.4 Å². The van der Waals surface area contributed by atoms with Gasteiger partial charge in [0.25, 0.3) is 5.69 Å². The predicted octanol–water partition coefficient (Wildman–Crippen LogP) is 1.97. The van der Waals surface area contributed by atoms with Crippen LogP contribution in [0, 0.1) is 17.0 Å². The third kappa shape index (κ3) is 2.21. The van der Waals surface area contributed by atoms with Crippen molar-refractivity contribution in [3.63, 3.8) is 0 Å². The van der Waals surface area contributed by atoms with E-state index in [0.29, 0.717) is 17.3 Å². The van der Waals surface area contributed by atoms with Crippen molar-refractivity contribution >= 4 is 5.69 Å². The van der Waals surface area contributed by atoms with Gasteiger partial charge in [-0.3, -0.25) is 10.1 Å². The molecule has 1 heterocycles. The maximum Gasteiger partial charge on any atom is 0.270 e. The van der Waals surface area contributed by atoms with Crippen molar-refractivity contribution in [3.8, 4) is 11.4 Å². The fourth-order valence-electron chi connectivity index (χ4n) is 1.49. The van der Waals surface area contributed by atoms with Crippen molar-refractivity contribution in [3.05, 3.63) is 39.8 Å². The Kier molecular flexibility index (Phi) is 3.07. The molecule has 2 aromatic rings. The van der Waals surface area contributed by atoms with Crippen molar-refractivity contribution in [2.75, 3.05) is 0 Å². The average molecular weight is 248 g/mol. The molecular formula is C11H12N4O3. The zero-order chi connectivity index (χ0) is 13.3. The van der Waals surface area contributed by atoms with Crippen LogP contribution in [0.15, 0.2) is 22.7 Å². The van der Waals surface area contributed by atoms with Gasteiger partial charge < -0.3 is 10.3 Å². The third-order valence-corrected chi connectivity index (χ3v) is 2.50. The molecule has 94 valence electrons. The van der Waals surface area contributed by atoms with Gasteiger partial charge in [0.15, 0.2) is 0 Å². The Morgan fingerprint density at radius 1 is 1.50 bits per heavy atom. The van der Waals surface area contributed by atoms with Crippen molar-refractivity contribution in [2.45, 2.75) is 19.9 Å². The predicted molar refractivity (Wildman–Crippen MR) is 63.7 cm³/mol. The quantitative estimate of drug-likeness (QED) is 0.657. The van der Waals surface area contributed by atoms with Crippen molar-refractivity contribution in [1.82, 2.24) is 10.1 Å². The van der Waals surface area contributed by atoms with Gasteiger partial charge in [0.05, 0.1) is 11.0 Å². The van der Waals surface area contributed by atoms with E-state index in [1.54, 1.807) is 13.0 Å². The first-order valence-electron chi connectivity index (χ1n) is 5.33. The molecule has 1 aromatic heterocycles. The molecule has 0 saturated heterocycles. The molecule has 2 N–H and O–H groups in total. The minimum atomic E-state index is -0.463. The fourth-order valence-corrected chi connectivity index (χ4v) is 1.49.